The summed E-state index contributed by atoms with van der Waals surface area (Å²) in [4.78, 5) is 0. The van der Waals surface area contributed by atoms with Gasteiger partial charge in [0.25, 0.3) is 0 Å². The van der Waals surface area contributed by atoms with E-state index in [-0.39, 0.29) is 0 Å². The third-order valence-electron chi connectivity index (χ3n) is 5.49. The van der Waals surface area contributed by atoms with E-state index < -0.39 is 0 Å². The van der Waals surface area contributed by atoms with Gasteiger partial charge in [0.15, 0.2) is 0 Å². The molecule has 1 unspecified atom stereocenters. The second-order valence-electron chi connectivity index (χ2n) is 5.61. The first-order valence-electron chi connectivity index (χ1n) is 5.36. The van der Waals surface area contributed by atoms with Crippen molar-refractivity contribution < 1.29 is 0 Å². The second kappa shape index (κ2) is 1.30. The molecule has 0 heterocycles. The van der Waals surface area contributed by atoms with Gasteiger partial charge in [-0.25, -0.2) is 0 Å². The molecular formula is C11H16. The largest absolute Gasteiger partial charge is 0.0522 e. The lowest BCUT2D eigenvalue weighted by Gasteiger charge is -2.23. The maximum absolute atomic E-state index is 1.65. The minimum absolute atomic E-state index is 0.949. The molecule has 0 radical (unpaired) electrons. The quantitative estimate of drug-likeness (QED) is 0.495. The van der Waals surface area contributed by atoms with Gasteiger partial charge in [-0.2, -0.15) is 0 Å². The SMILES string of the molecule is C1CC23C[C@@]2(C1)CC[C@@H]1C[C@@H]13. The Hall–Kier alpha value is 0. The summed E-state index contributed by atoms with van der Waals surface area (Å²) in [5.74, 6) is 2.45. The Labute approximate surface area is 68.4 Å². The van der Waals surface area contributed by atoms with E-state index in [0.717, 1.165) is 10.8 Å². The lowest BCUT2D eigenvalue weighted by atomic mass is 9.82. The van der Waals surface area contributed by atoms with Gasteiger partial charge in [-0.05, 0) is 61.2 Å². The lowest BCUT2D eigenvalue weighted by molar-refractivity contribution is 0.259. The highest BCUT2D eigenvalue weighted by molar-refractivity contribution is 5.27. The molecule has 60 valence electrons. The average Bonchev–Trinajstić information content (AvgIpc) is 2.85. The van der Waals surface area contributed by atoms with Gasteiger partial charge in [-0.3, -0.25) is 0 Å². The molecule has 0 aromatic heterocycles. The maximum Gasteiger partial charge on any atom is -0.0204 e. The predicted molar refractivity (Wildman–Crippen MR) is 44.2 cm³/mol. The number of rotatable bonds is 0. The molecule has 0 bridgehead atoms. The molecule has 11 heavy (non-hydrogen) atoms. The summed E-state index contributed by atoms with van der Waals surface area (Å²) in [5, 5.41) is 0. The van der Waals surface area contributed by atoms with Gasteiger partial charge in [0, 0.05) is 0 Å². The van der Waals surface area contributed by atoms with Crippen LogP contribution in [0.4, 0.5) is 0 Å². The van der Waals surface area contributed by atoms with Crippen molar-refractivity contribution in [3.63, 3.8) is 0 Å². The average molecular weight is 148 g/mol. The van der Waals surface area contributed by atoms with Crippen LogP contribution in [0.1, 0.15) is 44.9 Å². The van der Waals surface area contributed by atoms with Crippen molar-refractivity contribution in [3.8, 4) is 0 Å². The molecule has 0 saturated heterocycles. The van der Waals surface area contributed by atoms with E-state index in [1.807, 2.05) is 0 Å². The van der Waals surface area contributed by atoms with E-state index in [1.165, 1.54) is 11.8 Å². The zero-order valence-electron chi connectivity index (χ0n) is 7.10. The standard InChI is InChI=1S/C11H16/c1-3-10-5-2-8-6-9(8)11(10,4-1)7-10/h8-9H,1-7H2/t8-,9+,10-,11?/m1/s1. The first kappa shape index (κ1) is 5.61. The molecule has 4 aliphatic rings. The van der Waals surface area contributed by atoms with Gasteiger partial charge in [0.1, 0.15) is 0 Å². The zero-order chi connectivity index (χ0) is 7.10. The van der Waals surface area contributed by atoms with Crippen LogP contribution in [-0.2, 0) is 0 Å². The summed E-state index contributed by atoms with van der Waals surface area (Å²) < 4.78 is 0. The summed E-state index contributed by atoms with van der Waals surface area (Å²) in [6, 6.07) is 0. The van der Waals surface area contributed by atoms with E-state index in [2.05, 4.69) is 0 Å². The normalized spacial score (nSPS) is 69.8. The number of fused-ring (bicyclic) bond motifs is 1. The van der Waals surface area contributed by atoms with Gasteiger partial charge in [0.05, 0.1) is 0 Å². The molecular weight excluding hydrogens is 132 g/mol. The third kappa shape index (κ3) is 0.421. The minimum Gasteiger partial charge on any atom is -0.0522 e. The van der Waals surface area contributed by atoms with Crippen molar-refractivity contribution in [1.29, 1.82) is 0 Å². The van der Waals surface area contributed by atoms with Crippen molar-refractivity contribution in [3.05, 3.63) is 0 Å². The first-order chi connectivity index (χ1) is 5.36. The fourth-order valence-corrected chi connectivity index (χ4v) is 4.87. The molecule has 4 aliphatic carbocycles. The van der Waals surface area contributed by atoms with Crippen LogP contribution in [0, 0.1) is 22.7 Å². The molecule has 4 rings (SSSR count). The summed E-state index contributed by atoms with van der Waals surface area (Å²) in [6.07, 6.45) is 11.3. The fourth-order valence-electron chi connectivity index (χ4n) is 4.87. The highest BCUT2D eigenvalue weighted by Gasteiger charge is 2.77. The van der Waals surface area contributed by atoms with Crippen molar-refractivity contribution in [2.45, 2.75) is 44.9 Å². The van der Waals surface area contributed by atoms with Crippen molar-refractivity contribution >= 4 is 0 Å². The molecule has 4 fully saturated rings. The Morgan fingerprint density at radius 1 is 1.09 bits per heavy atom. The van der Waals surface area contributed by atoms with E-state index in [9.17, 15) is 0 Å². The smallest absolute Gasteiger partial charge is 0.0204 e. The summed E-state index contributed by atoms with van der Waals surface area (Å²) in [7, 11) is 0. The zero-order valence-corrected chi connectivity index (χ0v) is 7.10. The third-order valence-corrected chi connectivity index (χ3v) is 5.49. The molecule has 0 amide bonds. The van der Waals surface area contributed by atoms with Crippen LogP contribution in [0.3, 0.4) is 0 Å². The lowest BCUT2D eigenvalue weighted by Crippen LogP contribution is -2.15. The highest BCUT2D eigenvalue weighted by Crippen LogP contribution is 2.86. The highest BCUT2D eigenvalue weighted by atomic mass is 14.8. The summed E-state index contributed by atoms with van der Waals surface area (Å²) in [5.41, 5.74) is 1.92. The fraction of sp³-hybridized carbons (Fsp3) is 1.00. The Balaban J connectivity index is 1.83. The molecule has 0 spiro atoms. The van der Waals surface area contributed by atoms with Gasteiger partial charge >= 0.3 is 0 Å². The molecule has 0 aromatic carbocycles. The number of hydrogen-bond donors (Lipinski definition) is 0. The van der Waals surface area contributed by atoms with Crippen LogP contribution in [0.25, 0.3) is 0 Å². The van der Waals surface area contributed by atoms with Crippen molar-refractivity contribution in [2.24, 2.45) is 22.7 Å². The second-order valence-corrected chi connectivity index (χ2v) is 5.61. The molecule has 4 atom stereocenters. The monoisotopic (exact) mass is 148 g/mol. The van der Waals surface area contributed by atoms with Crippen molar-refractivity contribution in [2.75, 3.05) is 0 Å². The Morgan fingerprint density at radius 3 is 3.09 bits per heavy atom. The predicted octanol–water partition coefficient (Wildman–Crippen LogP) is 2.98. The minimum atomic E-state index is 0.949. The topological polar surface area (TPSA) is 0 Å². The Bertz CT molecular complexity index is 228. The molecule has 0 nitrogen and oxygen atoms in total. The summed E-state index contributed by atoms with van der Waals surface area (Å²) >= 11 is 0. The Kier molecular flexibility index (Phi) is 0.661. The van der Waals surface area contributed by atoms with E-state index >= 15 is 0 Å². The molecule has 0 N–H and O–H groups in total. The molecule has 4 saturated carbocycles. The van der Waals surface area contributed by atoms with E-state index in [4.69, 9.17) is 0 Å². The van der Waals surface area contributed by atoms with Gasteiger partial charge < -0.3 is 0 Å². The van der Waals surface area contributed by atoms with E-state index in [1.54, 1.807) is 44.9 Å². The van der Waals surface area contributed by atoms with Crippen LogP contribution in [-0.4, -0.2) is 0 Å². The van der Waals surface area contributed by atoms with Gasteiger partial charge in [-0.1, -0.05) is 6.42 Å². The maximum atomic E-state index is 1.65. The van der Waals surface area contributed by atoms with Crippen LogP contribution in [0.15, 0.2) is 0 Å². The first-order valence-corrected chi connectivity index (χ1v) is 5.36. The Morgan fingerprint density at radius 2 is 2.09 bits per heavy atom. The molecule has 0 aliphatic heterocycles. The van der Waals surface area contributed by atoms with Crippen LogP contribution in [0.2, 0.25) is 0 Å². The summed E-state index contributed by atoms with van der Waals surface area (Å²) in [6.45, 7) is 0. The van der Waals surface area contributed by atoms with Crippen molar-refractivity contribution in [1.82, 2.24) is 0 Å². The number of hydrogen-bond acceptors (Lipinski definition) is 0. The van der Waals surface area contributed by atoms with Crippen LogP contribution >= 0.6 is 0 Å². The van der Waals surface area contributed by atoms with Gasteiger partial charge in [0.2, 0.25) is 0 Å². The van der Waals surface area contributed by atoms with Gasteiger partial charge in [-0.15, -0.1) is 0 Å². The van der Waals surface area contributed by atoms with Crippen LogP contribution in [0.5, 0.6) is 0 Å². The van der Waals surface area contributed by atoms with Crippen LogP contribution < -0.4 is 0 Å². The van der Waals surface area contributed by atoms with E-state index in [0.29, 0.717) is 0 Å². The molecule has 0 aromatic rings. The molecule has 0 heteroatoms.